The molecule has 2 aromatic rings. The predicted octanol–water partition coefficient (Wildman–Crippen LogP) is 3.80. The number of halogens is 1. The third-order valence-corrected chi connectivity index (χ3v) is 4.58. The Morgan fingerprint density at radius 2 is 1.81 bits per heavy atom. The van der Waals surface area contributed by atoms with Crippen LogP contribution < -0.4 is 4.90 Å². The summed E-state index contributed by atoms with van der Waals surface area (Å²) < 4.78 is 17.9. The second-order valence-corrected chi connectivity index (χ2v) is 6.67. The highest BCUT2D eigenvalue weighted by molar-refractivity contribution is 7.99. The van der Waals surface area contributed by atoms with Gasteiger partial charge >= 0.3 is 5.97 Å². The molecule has 0 aliphatic rings. The van der Waals surface area contributed by atoms with Crippen molar-refractivity contribution in [3.05, 3.63) is 60.4 Å². The highest BCUT2D eigenvalue weighted by Crippen LogP contribution is 2.19. The van der Waals surface area contributed by atoms with Crippen LogP contribution in [0.15, 0.2) is 59.5 Å². The van der Waals surface area contributed by atoms with Crippen LogP contribution in [0.25, 0.3) is 0 Å². The fourth-order valence-corrected chi connectivity index (χ4v) is 3.08. The zero-order valence-electron chi connectivity index (χ0n) is 14.6. The number of carbonyl (C=O) groups is 2. The Morgan fingerprint density at radius 3 is 2.48 bits per heavy atom. The van der Waals surface area contributed by atoms with E-state index in [1.165, 1.54) is 28.8 Å². The summed E-state index contributed by atoms with van der Waals surface area (Å²) in [5, 5.41) is 8.77. The standard InChI is InChI=1S/C20H19FN2O3S/c21-16-7-9-18(10-8-16)27-14-11-20(25)26-15-19(24)23(13-4-12-22)17-5-2-1-3-6-17/h1-3,5-10H,4,11,13-15H2. The SMILES string of the molecule is N#CCCN(C(=O)COC(=O)CCSc1ccc(F)cc1)c1ccccc1. The molecule has 0 saturated heterocycles. The van der Waals surface area contributed by atoms with E-state index in [1.807, 2.05) is 12.1 Å². The minimum absolute atomic E-state index is 0.138. The Kier molecular flexibility index (Phi) is 8.33. The molecule has 7 heteroatoms. The number of benzene rings is 2. The summed E-state index contributed by atoms with van der Waals surface area (Å²) in [5.74, 6) is -0.700. The second kappa shape index (κ2) is 11.0. The summed E-state index contributed by atoms with van der Waals surface area (Å²) in [5.41, 5.74) is 0.653. The molecule has 0 radical (unpaired) electrons. The van der Waals surface area contributed by atoms with Crippen molar-refractivity contribution in [2.75, 3.05) is 23.8 Å². The lowest BCUT2D eigenvalue weighted by molar-refractivity contribution is -0.147. The molecular formula is C20H19FN2O3S. The number of amides is 1. The largest absolute Gasteiger partial charge is 0.456 e. The minimum atomic E-state index is -0.480. The minimum Gasteiger partial charge on any atom is -0.456 e. The molecule has 0 heterocycles. The highest BCUT2D eigenvalue weighted by Gasteiger charge is 2.17. The number of ether oxygens (including phenoxy) is 1. The lowest BCUT2D eigenvalue weighted by Gasteiger charge is -2.21. The molecule has 0 spiro atoms. The molecule has 0 N–H and O–H groups in total. The fraction of sp³-hybridized carbons (Fsp3) is 0.250. The summed E-state index contributed by atoms with van der Waals surface area (Å²) in [6.45, 7) is -0.141. The summed E-state index contributed by atoms with van der Waals surface area (Å²) in [6.07, 6.45) is 0.321. The van der Waals surface area contributed by atoms with E-state index >= 15 is 0 Å². The van der Waals surface area contributed by atoms with E-state index in [0.29, 0.717) is 11.4 Å². The first kappa shape index (κ1) is 20.5. The average Bonchev–Trinajstić information content (AvgIpc) is 2.69. The Bertz CT molecular complexity index is 791. The first-order valence-corrected chi connectivity index (χ1v) is 9.35. The Balaban J connectivity index is 1.78. The van der Waals surface area contributed by atoms with Gasteiger partial charge in [0.1, 0.15) is 5.82 Å². The van der Waals surface area contributed by atoms with Gasteiger partial charge in [0.15, 0.2) is 6.61 Å². The van der Waals surface area contributed by atoms with Crippen molar-refractivity contribution in [1.82, 2.24) is 0 Å². The van der Waals surface area contributed by atoms with E-state index in [-0.39, 0.29) is 37.7 Å². The van der Waals surface area contributed by atoms with Crippen LogP contribution in [0, 0.1) is 17.1 Å². The van der Waals surface area contributed by atoms with Gasteiger partial charge in [0.05, 0.1) is 18.9 Å². The van der Waals surface area contributed by atoms with Gasteiger partial charge < -0.3 is 9.64 Å². The van der Waals surface area contributed by atoms with Crippen LogP contribution in [0.3, 0.4) is 0 Å². The molecule has 0 unspecified atom stereocenters. The molecule has 2 rings (SSSR count). The molecule has 140 valence electrons. The maximum absolute atomic E-state index is 12.8. The van der Waals surface area contributed by atoms with E-state index in [0.717, 1.165) is 4.90 Å². The molecule has 0 aromatic heterocycles. The number of hydrogen-bond donors (Lipinski definition) is 0. The zero-order chi connectivity index (χ0) is 19.5. The Morgan fingerprint density at radius 1 is 1.11 bits per heavy atom. The Hall–Kier alpha value is -2.85. The third-order valence-electron chi connectivity index (χ3n) is 3.56. The zero-order valence-corrected chi connectivity index (χ0v) is 15.5. The normalized spacial score (nSPS) is 10.1. The van der Waals surface area contributed by atoms with Gasteiger partial charge in [-0.3, -0.25) is 9.59 Å². The quantitative estimate of drug-likeness (QED) is 0.484. The van der Waals surface area contributed by atoms with Gasteiger partial charge in [-0.1, -0.05) is 18.2 Å². The molecule has 0 bridgehead atoms. The van der Waals surface area contributed by atoms with Crippen LogP contribution in [0.5, 0.6) is 0 Å². The molecule has 1 amide bonds. The predicted molar refractivity (Wildman–Crippen MR) is 102 cm³/mol. The number of hydrogen-bond acceptors (Lipinski definition) is 5. The molecule has 5 nitrogen and oxygen atoms in total. The van der Waals surface area contributed by atoms with E-state index in [1.54, 1.807) is 36.4 Å². The lowest BCUT2D eigenvalue weighted by atomic mass is 10.2. The molecule has 0 fully saturated rings. The molecule has 2 aromatic carbocycles. The Labute approximate surface area is 161 Å². The highest BCUT2D eigenvalue weighted by atomic mass is 32.2. The van der Waals surface area contributed by atoms with Crippen LogP contribution in [0.2, 0.25) is 0 Å². The van der Waals surface area contributed by atoms with Crippen LogP contribution >= 0.6 is 11.8 Å². The van der Waals surface area contributed by atoms with E-state index in [2.05, 4.69) is 0 Å². The van der Waals surface area contributed by atoms with Crippen molar-refractivity contribution in [3.8, 4) is 6.07 Å². The molecule has 27 heavy (non-hydrogen) atoms. The molecule has 0 atom stereocenters. The number of nitriles is 1. The van der Waals surface area contributed by atoms with Gasteiger partial charge in [-0.05, 0) is 36.4 Å². The van der Waals surface area contributed by atoms with Crippen molar-refractivity contribution in [3.63, 3.8) is 0 Å². The van der Waals surface area contributed by atoms with Gasteiger partial charge in [0, 0.05) is 22.9 Å². The summed E-state index contributed by atoms with van der Waals surface area (Å²) in [6, 6.07) is 16.9. The summed E-state index contributed by atoms with van der Waals surface area (Å²) in [7, 11) is 0. The molecular weight excluding hydrogens is 367 g/mol. The van der Waals surface area contributed by atoms with Crippen LogP contribution in [-0.4, -0.2) is 30.8 Å². The number of carbonyl (C=O) groups excluding carboxylic acids is 2. The van der Waals surface area contributed by atoms with Crippen LogP contribution in [0.4, 0.5) is 10.1 Å². The number of rotatable bonds is 9. The van der Waals surface area contributed by atoms with Gasteiger partial charge in [-0.2, -0.15) is 5.26 Å². The first-order chi connectivity index (χ1) is 13.1. The lowest BCUT2D eigenvalue weighted by Crippen LogP contribution is -2.35. The average molecular weight is 386 g/mol. The van der Waals surface area contributed by atoms with Crippen molar-refractivity contribution in [1.29, 1.82) is 5.26 Å². The van der Waals surface area contributed by atoms with Crippen molar-refractivity contribution < 1.29 is 18.7 Å². The smallest absolute Gasteiger partial charge is 0.307 e. The maximum Gasteiger partial charge on any atom is 0.307 e. The van der Waals surface area contributed by atoms with Gasteiger partial charge in [-0.15, -0.1) is 11.8 Å². The molecule has 0 aliphatic heterocycles. The topological polar surface area (TPSA) is 70.4 Å². The number of anilines is 1. The van der Waals surface area contributed by atoms with Crippen molar-refractivity contribution in [2.24, 2.45) is 0 Å². The second-order valence-electron chi connectivity index (χ2n) is 5.50. The van der Waals surface area contributed by atoms with Gasteiger partial charge in [-0.25, -0.2) is 4.39 Å². The van der Waals surface area contributed by atoms with Crippen molar-refractivity contribution >= 4 is 29.3 Å². The fourth-order valence-electron chi connectivity index (χ4n) is 2.24. The summed E-state index contributed by atoms with van der Waals surface area (Å²) in [4.78, 5) is 26.5. The molecule has 0 aliphatic carbocycles. The van der Waals surface area contributed by atoms with Gasteiger partial charge in [0.25, 0.3) is 5.91 Å². The van der Waals surface area contributed by atoms with Crippen LogP contribution in [-0.2, 0) is 14.3 Å². The summed E-state index contributed by atoms with van der Waals surface area (Å²) >= 11 is 1.41. The van der Waals surface area contributed by atoms with E-state index in [4.69, 9.17) is 10.00 Å². The number of nitrogens with zero attached hydrogens (tertiary/aromatic N) is 2. The number of esters is 1. The van der Waals surface area contributed by atoms with Gasteiger partial charge in [0.2, 0.25) is 0 Å². The van der Waals surface area contributed by atoms with Crippen molar-refractivity contribution in [2.45, 2.75) is 17.7 Å². The number of para-hydroxylation sites is 1. The number of thioether (sulfide) groups is 1. The van der Waals surface area contributed by atoms with E-state index in [9.17, 15) is 14.0 Å². The monoisotopic (exact) mass is 386 g/mol. The van der Waals surface area contributed by atoms with E-state index < -0.39 is 5.97 Å². The first-order valence-electron chi connectivity index (χ1n) is 8.36. The maximum atomic E-state index is 12.8. The third kappa shape index (κ3) is 7.12. The van der Waals surface area contributed by atoms with Crippen LogP contribution in [0.1, 0.15) is 12.8 Å². The molecule has 0 saturated carbocycles.